The highest BCUT2D eigenvalue weighted by Crippen LogP contribution is 2.14. The topological polar surface area (TPSA) is 23.8 Å². The lowest BCUT2D eigenvalue weighted by molar-refractivity contribution is 0.606. The van der Waals surface area contributed by atoms with Gasteiger partial charge in [-0.15, -0.1) is 0 Å². The Bertz CT molecular complexity index is 151. The molecule has 0 aromatic carbocycles. The predicted molar refractivity (Wildman–Crippen MR) is 51.8 cm³/mol. The van der Waals surface area contributed by atoms with Crippen molar-refractivity contribution in [2.24, 2.45) is 5.92 Å². The first-order valence-electron chi connectivity index (χ1n) is 3.52. The fraction of sp³-hybridized carbons (Fsp3) is 0.625. The van der Waals surface area contributed by atoms with Gasteiger partial charge < -0.3 is 0 Å². The molecule has 0 aromatic heterocycles. The van der Waals surface area contributed by atoms with E-state index in [1.165, 1.54) is 0 Å². The van der Waals surface area contributed by atoms with Crippen LogP contribution >= 0.6 is 22.6 Å². The number of nitrogens with zero attached hydrogens (tertiary/aromatic N) is 1. The fourth-order valence-corrected chi connectivity index (χ4v) is 1.28. The third-order valence-electron chi connectivity index (χ3n) is 1.54. The summed E-state index contributed by atoms with van der Waals surface area (Å²) in [4.78, 5) is 0. The molecule has 1 nitrogen and oxygen atoms in total. The summed E-state index contributed by atoms with van der Waals surface area (Å²) in [5.41, 5.74) is 0. The molecular weight excluding hydrogens is 237 g/mol. The number of hydrogen-bond donors (Lipinski definition) is 0. The van der Waals surface area contributed by atoms with E-state index in [1.807, 2.05) is 6.08 Å². The summed E-state index contributed by atoms with van der Waals surface area (Å²) >= 11 is 2.07. The van der Waals surface area contributed by atoms with Crippen molar-refractivity contribution in [2.45, 2.75) is 26.7 Å². The average Bonchev–Trinajstić information content (AvgIpc) is 1.99. The second-order valence-electron chi connectivity index (χ2n) is 2.20. The van der Waals surface area contributed by atoms with Crippen molar-refractivity contribution in [3.8, 4) is 6.07 Å². The molecule has 0 saturated heterocycles. The lowest BCUT2D eigenvalue weighted by Gasteiger charge is -2.03. The fourth-order valence-electron chi connectivity index (χ4n) is 0.769. The molecule has 0 spiro atoms. The van der Waals surface area contributed by atoms with Crippen LogP contribution in [0.25, 0.3) is 0 Å². The van der Waals surface area contributed by atoms with Crippen LogP contribution in [0.5, 0.6) is 0 Å². The zero-order valence-corrected chi connectivity index (χ0v) is 8.55. The first-order valence-corrected chi connectivity index (χ1v) is 4.59. The van der Waals surface area contributed by atoms with Crippen molar-refractivity contribution in [3.63, 3.8) is 0 Å². The van der Waals surface area contributed by atoms with Gasteiger partial charge in [0.25, 0.3) is 0 Å². The molecule has 0 unspecified atom stereocenters. The Labute approximate surface area is 76.3 Å². The van der Waals surface area contributed by atoms with Crippen LogP contribution in [0.3, 0.4) is 0 Å². The number of rotatable bonds is 3. The van der Waals surface area contributed by atoms with Gasteiger partial charge in [-0.25, -0.2) is 0 Å². The molecule has 0 N–H and O–H groups in total. The van der Waals surface area contributed by atoms with E-state index in [0.717, 1.165) is 16.4 Å². The van der Waals surface area contributed by atoms with E-state index in [1.54, 1.807) is 0 Å². The average molecular weight is 249 g/mol. The van der Waals surface area contributed by atoms with E-state index in [0.29, 0.717) is 5.92 Å². The van der Waals surface area contributed by atoms with Crippen molar-refractivity contribution >= 4 is 22.6 Å². The monoisotopic (exact) mass is 249 g/mol. The van der Waals surface area contributed by atoms with Gasteiger partial charge in [-0.1, -0.05) is 19.9 Å². The van der Waals surface area contributed by atoms with Crippen LogP contribution < -0.4 is 0 Å². The van der Waals surface area contributed by atoms with Gasteiger partial charge in [0, 0.05) is 0 Å². The summed E-state index contributed by atoms with van der Waals surface area (Å²) in [6, 6.07) is 2.11. The van der Waals surface area contributed by atoms with Crippen LogP contribution in [0, 0.1) is 17.2 Å². The van der Waals surface area contributed by atoms with E-state index in [2.05, 4.69) is 42.5 Å². The van der Waals surface area contributed by atoms with Crippen molar-refractivity contribution < 1.29 is 0 Å². The van der Waals surface area contributed by atoms with E-state index >= 15 is 0 Å². The number of halogens is 1. The molecule has 0 rings (SSSR count). The minimum Gasteiger partial charge on any atom is -0.192 e. The Morgan fingerprint density at radius 2 is 2.10 bits per heavy atom. The first kappa shape index (κ1) is 9.96. The molecule has 56 valence electrons. The molecule has 0 atom stereocenters. The summed E-state index contributed by atoms with van der Waals surface area (Å²) in [5.74, 6) is 0.589. The first-order chi connectivity index (χ1) is 4.74. The molecule has 0 aliphatic rings. The lowest BCUT2D eigenvalue weighted by atomic mass is 10.0. The molecule has 2 heteroatoms. The van der Waals surface area contributed by atoms with Crippen LogP contribution in [-0.4, -0.2) is 0 Å². The molecule has 0 saturated carbocycles. The van der Waals surface area contributed by atoms with Crippen LogP contribution in [0.2, 0.25) is 0 Å². The van der Waals surface area contributed by atoms with Crippen molar-refractivity contribution in [1.82, 2.24) is 0 Å². The lowest BCUT2D eigenvalue weighted by Crippen LogP contribution is -1.90. The molecule has 0 aromatic rings. The normalized spacial score (nSPS) is 11.7. The Morgan fingerprint density at radius 3 is 2.40 bits per heavy atom. The van der Waals surface area contributed by atoms with E-state index < -0.39 is 0 Å². The van der Waals surface area contributed by atoms with Crippen molar-refractivity contribution in [2.75, 3.05) is 0 Å². The van der Waals surface area contributed by atoms with Crippen molar-refractivity contribution in [1.29, 1.82) is 5.26 Å². The summed E-state index contributed by atoms with van der Waals surface area (Å²) in [5, 5.41) is 8.45. The number of nitriles is 1. The maximum Gasteiger partial charge on any atom is 0.105 e. The predicted octanol–water partition coefficient (Wildman–Crippen LogP) is 3.27. The highest BCUT2D eigenvalue weighted by Gasteiger charge is 1.98. The third kappa shape index (κ3) is 3.89. The molecular formula is C8H12IN. The summed E-state index contributed by atoms with van der Waals surface area (Å²) in [7, 11) is 0. The van der Waals surface area contributed by atoms with Gasteiger partial charge in [-0.2, -0.15) is 5.26 Å². The molecule has 0 amide bonds. The van der Waals surface area contributed by atoms with Crippen LogP contribution in [0.1, 0.15) is 26.7 Å². The van der Waals surface area contributed by atoms with Gasteiger partial charge in [0.15, 0.2) is 0 Å². The standard InChI is InChI=1S/C8H12IN/c1-3-7(4-2)5-8(9)6-10/h5,7H,3-4H2,1-2H3/b8-5-. The van der Waals surface area contributed by atoms with Gasteiger partial charge >= 0.3 is 0 Å². The third-order valence-corrected chi connectivity index (χ3v) is 2.14. The van der Waals surface area contributed by atoms with Crippen molar-refractivity contribution in [3.05, 3.63) is 9.66 Å². The Hall–Kier alpha value is -0.0400. The highest BCUT2D eigenvalue weighted by molar-refractivity contribution is 14.1. The quantitative estimate of drug-likeness (QED) is 0.556. The van der Waals surface area contributed by atoms with Crippen LogP contribution in [-0.2, 0) is 0 Å². The maximum atomic E-state index is 8.45. The Balaban J connectivity index is 3.96. The second-order valence-corrected chi connectivity index (χ2v) is 3.37. The minimum absolute atomic E-state index is 0.589. The Morgan fingerprint density at radius 1 is 1.60 bits per heavy atom. The van der Waals surface area contributed by atoms with Gasteiger partial charge in [0.1, 0.15) is 6.07 Å². The molecule has 0 heterocycles. The molecule has 0 aliphatic heterocycles. The number of allylic oxidation sites excluding steroid dienone is 2. The molecule has 0 fully saturated rings. The summed E-state index contributed by atoms with van der Waals surface area (Å²) in [6.07, 6.45) is 4.30. The maximum absolute atomic E-state index is 8.45. The molecule has 0 radical (unpaired) electrons. The molecule has 0 aliphatic carbocycles. The van der Waals surface area contributed by atoms with Crippen LogP contribution in [0.15, 0.2) is 9.66 Å². The van der Waals surface area contributed by atoms with E-state index in [9.17, 15) is 0 Å². The number of hydrogen-bond acceptors (Lipinski definition) is 1. The highest BCUT2D eigenvalue weighted by atomic mass is 127. The van der Waals surface area contributed by atoms with Gasteiger partial charge in [-0.05, 0) is 41.4 Å². The minimum atomic E-state index is 0.589. The molecule has 0 bridgehead atoms. The zero-order chi connectivity index (χ0) is 7.98. The van der Waals surface area contributed by atoms with E-state index in [-0.39, 0.29) is 0 Å². The smallest absolute Gasteiger partial charge is 0.105 e. The summed E-state index contributed by atoms with van der Waals surface area (Å²) in [6.45, 7) is 4.29. The zero-order valence-electron chi connectivity index (χ0n) is 6.39. The largest absolute Gasteiger partial charge is 0.192 e. The summed E-state index contributed by atoms with van der Waals surface area (Å²) < 4.78 is 0.811. The Kier molecular flexibility index (Phi) is 5.70. The van der Waals surface area contributed by atoms with Crippen LogP contribution in [0.4, 0.5) is 0 Å². The second kappa shape index (κ2) is 5.72. The van der Waals surface area contributed by atoms with Gasteiger partial charge in [0.05, 0.1) is 3.58 Å². The van der Waals surface area contributed by atoms with E-state index in [4.69, 9.17) is 5.26 Å². The van der Waals surface area contributed by atoms with Gasteiger partial charge in [-0.3, -0.25) is 0 Å². The molecule has 10 heavy (non-hydrogen) atoms. The SMILES string of the molecule is CCC(/C=C(\I)C#N)CC. The van der Waals surface area contributed by atoms with Gasteiger partial charge in [0.2, 0.25) is 0 Å².